The maximum atomic E-state index is 13.5. The summed E-state index contributed by atoms with van der Waals surface area (Å²) < 4.78 is 3.32. The van der Waals surface area contributed by atoms with Crippen molar-refractivity contribution in [3.8, 4) is 0 Å². The van der Waals surface area contributed by atoms with Gasteiger partial charge in [-0.1, -0.05) is 62.4 Å². The summed E-state index contributed by atoms with van der Waals surface area (Å²) in [7, 11) is 0. The Kier molecular flexibility index (Phi) is 7.18. The van der Waals surface area contributed by atoms with Crippen LogP contribution in [0.4, 0.5) is 0 Å². The van der Waals surface area contributed by atoms with Crippen LogP contribution in [0.2, 0.25) is 0 Å². The van der Waals surface area contributed by atoms with Gasteiger partial charge in [-0.05, 0) is 42.9 Å². The largest absolute Gasteiger partial charge is 0.354 e. The predicted molar refractivity (Wildman–Crippen MR) is 144 cm³/mol. The molecule has 0 aliphatic carbocycles. The van der Waals surface area contributed by atoms with Gasteiger partial charge in [0.25, 0.3) is 5.56 Å². The molecule has 1 saturated heterocycles. The Bertz CT molecular complexity index is 1400. The molecular weight excluding hydrogens is 450 g/mol. The first kappa shape index (κ1) is 24.3. The van der Waals surface area contributed by atoms with Gasteiger partial charge in [0, 0.05) is 42.5 Å². The average Bonchev–Trinajstić information content (AvgIpc) is 3.18. The Labute approximate surface area is 211 Å². The van der Waals surface area contributed by atoms with Gasteiger partial charge in [0.2, 0.25) is 5.91 Å². The summed E-state index contributed by atoms with van der Waals surface area (Å²) >= 11 is 0. The summed E-state index contributed by atoms with van der Waals surface area (Å²) in [6.07, 6.45) is 3.91. The lowest BCUT2D eigenvalue weighted by molar-refractivity contribution is -0.121. The van der Waals surface area contributed by atoms with Crippen molar-refractivity contribution >= 4 is 27.7 Å². The van der Waals surface area contributed by atoms with E-state index in [0.717, 1.165) is 59.7 Å². The maximum absolute atomic E-state index is 13.5. The summed E-state index contributed by atoms with van der Waals surface area (Å²) in [4.78, 5) is 28.7. The highest BCUT2D eigenvalue weighted by atomic mass is 16.2. The average molecular weight is 486 g/mol. The predicted octanol–water partition coefficient (Wildman–Crippen LogP) is 3.88. The molecule has 2 aromatic heterocycles. The fourth-order valence-electron chi connectivity index (χ4n) is 5.73. The molecule has 0 radical (unpaired) electrons. The van der Waals surface area contributed by atoms with Gasteiger partial charge < -0.3 is 14.8 Å². The van der Waals surface area contributed by atoms with Crippen LogP contribution in [0, 0.1) is 11.8 Å². The molecule has 188 valence electrons. The van der Waals surface area contributed by atoms with Crippen molar-refractivity contribution in [1.29, 1.82) is 0 Å². The van der Waals surface area contributed by atoms with E-state index < -0.39 is 0 Å². The molecule has 4 aromatic rings. The minimum absolute atomic E-state index is 0.0839. The van der Waals surface area contributed by atoms with E-state index in [1.165, 1.54) is 11.1 Å². The second-order valence-corrected chi connectivity index (χ2v) is 10.4. The van der Waals surface area contributed by atoms with Crippen LogP contribution >= 0.6 is 0 Å². The molecule has 1 aliphatic rings. The number of fused-ring (bicyclic) bond motifs is 3. The number of nitrogens with zero attached hydrogens (tertiary/aromatic N) is 4. The zero-order chi connectivity index (χ0) is 25.1. The van der Waals surface area contributed by atoms with E-state index in [9.17, 15) is 9.59 Å². The summed E-state index contributed by atoms with van der Waals surface area (Å²) in [5.41, 5.74) is 2.43. The summed E-state index contributed by atoms with van der Waals surface area (Å²) in [5, 5.41) is 9.14. The summed E-state index contributed by atoms with van der Waals surface area (Å²) in [6, 6.07) is 18.1. The minimum Gasteiger partial charge on any atom is -0.354 e. The normalized spacial score (nSPS) is 18.6. The lowest BCUT2D eigenvalue weighted by Gasteiger charge is -2.34. The molecule has 0 spiro atoms. The molecule has 36 heavy (non-hydrogen) atoms. The van der Waals surface area contributed by atoms with E-state index in [1.54, 1.807) is 6.20 Å². The fraction of sp³-hybridized carbons (Fsp3) is 0.414. The zero-order valence-corrected chi connectivity index (χ0v) is 21.2. The van der Waals surface area contributed by atoms with Crippen LogP contribution in [-0.2, 0) is 17.9 Å². The van der Waals surface area contributed by atoms with Crippen LogP contribution in [0.15, 0.2) is 65.6 Å². The number of aromatic nitrogens is 3. The molecule has 7 heteroatoms. The topological polar surface area (TPSA) is 72.2 Å². The number of rotatable bonds is 8. The monoisotopic (exact) mass is 485 g/mol. The maximum Gasteiger partial charge on any atom is 0.291 e. The van der Waals surface area contributed by atoms with Crippen molar-refractivity contribution in [2.24, 2.45) is 11.8 Å². The molecule has 5 rings (SSSR count). The first-order chi connectivity index (χ1) is 17.5. The highest BCUT2D eigenvalue weighted by molar-refractivity contribution is 6.07. The molecule has 7 nitrogen and oxygen atoms in total. The number of nitrogens with one attached hydrogen (secondary N) is 1. The molecular formula is C29H35N5O2. The van der Waals surface area contributed by atoms with Gasteiger partial charge in [0.05, 0.1) is 6.20 Å². The molecule has 1 aliphatic heterocycles. The Morgan fingerprint density at radius 1 is 1.00 bits per heavy atom. The number of hydrogen-bond donors (Lipinski definition) is 1. The van der Waals surface area contributed by atoms with Gasteiger partial charge >= 0.3 is 0 Å². The first-order valence-corrected chi connectivity index (χ1v) is 13.0. The van der Waals surface area contributed by atoms with E-state index in [2.05, 4.69) is 41.3 Å². The van der Waals surface area contributed by atoms with Crippen molar-refractivity contribution < 1.29 is 4.79 Å². The Balaban J connectivity index is 1.30. The first-order valence-electron chi connectivity index (χ1n) is 13.0. The smallest absolute Gasteiger partial charge is 0.291 e. The highest BCUT2D eigenvalue weighted by Gasteiger charge is 2.21. The molecule has 1 fully saturated rings. The highest BCUT2D eigenvalue weighted by Crippen LogP contribution is 2.27. The van der Waals surface area contributed by atoms with Crippen molar-refractivity contribution in [1.82, 2.24) is 24.6 Å². The van der Waals surface area contributed by atoms with E-state index in [0.29, 0.717) is 18.6 Å². The summed E-state index contributed by atoms with van der Waals surface area (Å²) in [5.74, 6) is 1.28. The standard InChI is InChI=1S/C29H35N5O2/c1-21-15-22(2)18-32(17-21)14-8-13-30-27(35)20-34-29(36)28-25(16-31-34)24-11-6-7-12-26(24)33(28)19-23-9-4-3-5-10-23/h3-7,9-12,16,21-22H,8,13-15,17-20H2,1-2H3,(H,30,35)/t21-,22-/m1/s1. The fourth-order valence-corrected chi connectivity index (χ4v) is 5.73. The summed E-state index contributed by atoms with van der Waals surface area (Å²) in [6.45, 7) is 8.96. The number of benzene rings is 2. The van der Waals surface area contributed by atoms with Crippen LogP contribution in [0.1, 0.15) is 32.3 Å². The minimum atomic E-state index is -0.244. The van der Waals surface area contributed by atoms with Gasteiger partial charge in [-0.25, -0.2) is 4.68 Å². The molecule has 0 saturated carbocycles. The van der Waals surface area contributed by atoms with Crippen molar-refractivity contribution in [3.05, 3.63) is 76.7 Å². The van der Waals surface area contributed by atoms with Crippen LogP contribution in [0.3, 0.4) is 0 Å². The van der Waals surface area contributed by atoms with Crippen LogP contribution in [0.5, 0.6) is 0 Å². The van der Waals surface area contributed by atoms with E-state index in [1.807, 2.05) is 47.0 Å². The van der Waals surface area contributed by atoms with Gasteiger partial charge in [-0.3, -0.25) is 9.59 Å². The number of carbonyl (C=O) groups is 1. The van der Waals surface area contributed by atoms with Gasteiger partial charge in [-0.15, -0.1) is 0 Å². The number of piperidine rings is 1. The van der Waals surface area contributed by atoms with E-state index >= 15 is 0 Å². The quantitative estimate of drug-likeness (QED) is 0.385. The Morgan fingerprint density at radius 3 is 2.50 bits per heavy atom. The molecule has 0 unspecified atom stereocenters. The van der Waals surface area contributed by atoms with Gasteiger partial charge in [0.1, 0.15) is 12.1 Å². The third-order valence-electron chi connectivity index (χ3n) is 7.17. The van der Waals surface area contributed by atoms with Crippen LogP contribution < -0.4 is 10.9 Å². The van der Waals surface area contributed by atoms with E-state index in [4.69, 9.17) is 0 Å². The third-order valence-corrected chi connectivity index (χ3v) is 7.17. The molecule has 1 N–H and O–H groups in total. The lowest BCUT2D eigenvalue weighted by atomic mass is 9.92. The number of carbonyl (C=O) groups excluding carboxylic acids is 1. The Morgan fingerprint density at radius 2 is 1.72 bits per heavy atom. The lowest BCUT2D eigenvalue weighted by Crippen LogP contribution is -2.40. The molecule has 2 aromatic carbocycles. The van der Waals surface area contributed by atoms with Gasteiger partial charge in [0.15, 0.2) is 0 Å². The van der Waals surface area contributed by atoms with Crippen LogP contribution in [-0.4, -0.2) is 51.3 Å². The SMILES string of the molecule is C[C@@H]1C[C@@H](C)CN(CCCNC(=O)Cn2ncc3c4ccccc4n(Cc4ccccc4)c3c2=O)C1. The number of amides is 1. The van der Waals surface area contributed by atoms with Crippen LogP contribution in [0.25, 0.3) is 21.8 Å². The second-order valence-electron chi connectivity index (χ2n) is 10.4. The number of hydrogen-bond acceptors (Lipinski definition) is 4. The van der Waals surface area contributed by atoms with Crippen molar-refractivity contribution in [2.75, 3.05) is 26.2 Å². The molecule has 0 bridgehead atoms. The van der Waals surface area contributed by atoms with Gasteiger partial charge in [-0.2, -0.15) is 5.10 Å². The van der Waals surface area contributed by atoms with E-state index in [-0.39, 0.29) is 18.0 Å². The second kappa shape index (κ2) is 10.7. The Hall–Kier alpha value is -3.45. The molecule has 3 heterocycles. The molecule has 1 amide bonds. The number of para-hydroxylation sites is 1. The van der Waals surface area contributed by atoms with Crippen molar-refractivity contribution in [2.45, 2.75) is 39.8 Å². The number of likely N-dealkylation sites (tertiary alicyclic amines) is 1. The van der Waals surface area contributed by atoms with Crippen molar-refractivity contribution in [3.63, 3.8) is 0 Å². The molecule has 2 atom stereocenters. The zero-order valence-electron chi connectivity index (χ0n) is 21.2. The third kappa shape index (κ3) is 5.21.